The molecule has 3 aromatic rings. The molecule has 3 atom stereocenters. The Morgan fingerprint density at radius 2 is 2.06 bits per heavy atom. The van der Waals surface area contributed by atoms with Crippen LogP contribution in [0.5, 0.6) is 0 Å². The third kappa shape index (κ3) is 3.13. The van der Waals surface area contributed by atoms with Crippen LogP contribution in [-0.2, 0) is 10.3 Å². The van der Waals surface area contributed by atoms with E-state index in [1.165, 1.54) is 18.3 Å². The molecule has 0 aliphatic carbocycles. The largest absolute Gasteiger partial charge is 0.324 e. The number of aromatic nitrogens is 1. The molecule has 5 rings (SSSR count). The van der Waals surface area contributed by atoms with E-state index >= 15 is 0 Å². The van der Waals surface area contributed by atoms with Crippen molar-refractivity contribution in [2.45, 2.75) is 11.5 Å². The molecule has 8 nitrogen and oxygen atoms in total. The first-order valence-corrected chi connectivity index (χ1v) is 10.7. The lowest BCUT2D eigenvalue weighted by Gasteiger charge is -2.35. The summed E-state index contributed by atoms with van der Waals surface area (Å²) in [6.07, 6.45) is 3.05. The number of fused-ring (bicyclic) bond motifs is 2. The smallest absolute Gasteiger partial charge is 0.269 e. The summed E-state index contributed by atoms with van der Waals surface area (Å²) >= 11 is 6.31. The molecule has 166 valence electrons. The number of Topliss-reactive ketones (excluding diaryl/α,β-unsaturated/α-hetero) is 1. The van der Waals surface area contributed by atoms with Crippen molar-refractivity contribution >= 4 is 34.7 Å². The number of hydrogen-bond acceptors (Lipinski definition) is 6. The molecule has 1 N–H and O–H groups in total. The molecule has 3 heterocycles. The van der Waals surface area contributed by atoms with Gasteiger partial charge in [-0.3, -0.25) is 29.6 Å². The fraction of sp³-hybridized carbons (Fsp3) is 0.208. The number of benzene rings is 2. The second-order valence-corrected chi connectivity index (χ2v) is 8.77. The van der Waals surface area contributed by atoms with E-state index in [2.05, 4.69) is 10.3 Å². The van der Waals surface area contributed by atoms with E-state index in [-0.39, 0.29) is 17.4 Å². The van der Waals surface area contributed by atoms with E-state index in [1.807, 2.05) is 4.90 Å². The number of rotatable bonds is 4. The number of non-ortho nitro benzene ring substituents is 1. The maximum Gasteiger partial charge on any atom is 0.269 e. The first-order chi connectivity index (χ1) is 15.8. The van der Waals surface area contributed by atoms with Gasteiger partial charge in [0.2, 0.25) is 5.91 Å². The molecule has 1 fully saturated rings. The molecule has 0 radical (unpaired) electrons. The van der Waals surface area contributed by atoms with Crippen molar-refractivity contribution < 1.29 is 14.5 Å². The lowest BCUT2D eigenvalue weighted by atomic mass is 9.70. The molecular formula is C24H19ClN4O4. The minimum atomic E-state index is -1.32. The van der Waals surface area contributed by atoms with Gasteiger partial charge >= 0.3 is 0 Å². The Bertz CT molecular complexity index is 1300. The van der Waals surface area contributed by atoms with Gasteiger partial charge in [0.05, 0.1) is 10.8 Å². The lowest BCUT2D eigenvalue weighted by Crippen LogP contribution is -2.51. The predicted octanol–water partition coefficient (Wildman–Crippen LogP) is 4.02. The van der Waals surface area contributed by atoms with Crippen LogP contribution in [0.3, 0.4) is 0 Å². The Morgan fingerprint density at radius 1 is 1.24 bits per heavy atom. The molecule has 33 heavy (non-hydrogen) atoms. The van der Waals surface area contributed by atoms with E-state index in [4.69, 9.17) is 11.6 Å². The number of ketones is 1. The molecule has 0 unspecified atom stereocenters. The average Bonchev–Trinajstić information content (AvgIpc) is 3.29. The van der Waals surface area contributed by atoms with Crippen molar-refractivity contribution in [2.24, 2.45) is 5.92 Å². The van der Waals surface area contributed by atoms with Gasteiger partial charge in [-0.2, -0.15) is 0 Å². The Balaban J connectivity index is 1.74. The fourth-order valence-electron chi connectivity index (χ4n) is 5.27. The van der Waals surface area contributed by atoms with Crippen LogP contribution in [0.4, 0.5) is 11.4 Å². The van der Waals surface area contributed by atoms with Gasteiger partial charge in [0.1, 0.15) is 5.54 Å². The van der Waals surface area contributed by atoms with Crippen molar-refractivity contribution in [1.82, 2.24) is 9.88 Å². The van der Waals surface area contributed by atoms with Crippen LogP contribution < -0.4 is 5.32 Å². The summed E-state index contributed by atoms with van der Waals surface area (Å²) < 4.78 is 0. The van der Waals surface area contributed by atoms with Gasteiger partial charge in [0.25, 0.3) is 5.69 Å². The first-order valence-electron chi connectivity index (χ1n) is 10.4. The molecule has 1 spiro atoms. The van der Waals surface area contributed by atoms with Crippen molar-refractivity contribution in [3.05, 3.63) is 98.8 Å². The summed E-state index contributed by atoms with van der Waals surface area (Å²) in [5, 5.41) is 14.8. The van der Waals surface area contributed by atoms with Gasteiger partial charge in [-0.25, -0.2) is 0 Å². The topological polar surface area (TPSA) is 105 Å². The summed E-state index contributed by atoms with van der Waals surface area (Å²) in [5.41, 5.74) is 0.831. The van der Waals surface area contributed by atoms with Gasteiger partial charge in [-0.15, -0.1) is 0 Å². The molecule has 2 aromatic carbocycles. The van der Waals surface area contributed by atoms with Crippen LogP contribution in [0.2, 0.25) is 5.02 Å². The average molecular weight is 463 g/mol. The minimum absolute atomic E-state index is 0.0667. The summed E-state index contributed by atoms with van der Waals surface area (Å²) in [5.74, 6) is -1.91. The Labute approximate surface area is 194 Å². The van der Waals surface area contributed by atoms with Crippen molar-refractivity contribution in [2.75, 3.05) is 18.9 Å². The van der Waals surface area contributed by atoms with Gasteiger partial charge in [-0.05, 0) is 42.9 Å². The molecular weight excluding hydrogens is 444 g/mol. The van der Waals surface area contributed by atoms with Crippen molar-refractivity contribution in [3.63, 3.8) is 0 Å². The Hall–Kier alpha value is -3.62. The number of nitrogens with zero attached hydrogens (tertiary/aromatic N) is 3. The van der Waals surface area contributed by atoms with Gasteiger partial charge in [0, 0.05) is 58.8 Å². The maximum absolute atomic E-state index is 14.0. The number of nitro groups is 1. The van der Waals surface area contributed by atoms with E-state index < -0.39 is 22.3 Å². The Morgan fingerprint density at radius 3 is 2.79 bits per heavy atom. The number of likely N-dealkylation sites (N-methyl/N-ethyl adjacent to an activating group) is 1. The molecule has 0 saturated carbocycles. The molecule has 9 heteroatoms. The summed E-state index contributed by atoms with van der Waals surface area (Å²) in [6.45, 7) is 0.344. The van der Waals surface area contributed by atoms with E-state index in [0.717, 1.165) is 0 Å². The predicted molar refractivity (Wildman–Crippen MR) is 122 cm³/mol. The molecule has 2 aliphatic rings. The summed E-state index contributed by atoms with van der Waals surface area (Å²) in [4.78, 5) is 44.5. The number of nitro benzene ring substituents is 1. The van der Waals surface area contributed by atoms with Crippen molar-refractivity contribution in [3.8, 4) is 0 Å². The van der Waals surface area contributed by atoms with Gasteiger partial charge in [-0.1, -0.05) is 23.7 Å². The normalized spacial score (nSPS) is 24.0. The molecule has 1 aromatic heterocycles. The molecule has 2 aliphatic heterocycles. The number of pyridine rings is 1. The number of carbonyl (C=O) groups is 2. The van der Waals surface area contributed by atoms with Crippen LogP contribution in [0.15, 0.2) is 67.0 Å². The second-order valence-electron chi connectivity index (χ2n) is 8.33. The quantitative estimate of drug-likeness (QED) is 0.356. The number of carbonyl (C=O) groups excluding carboxylic acids is 2. The lowest BCUT2D eigenvalue weighted by molar-refractivity contribution is -0.384. The Kier molecular flexibility index (Phi) is 4.99. The minimum Gasteiger partial charge on any atom is -0.324 e. The number of anilines is 1. The van der Waals surface area contributed by atoms with Crippen LogP contribution in [0, 0.1) is 16.0 Å². The number of nitrogens with one attached hydrogen (secondary N) is 1. The third-order valence-corrected chi connectivity index (χ3v) is 6.88. The maximum atomic E-state index is 14.0. The number of amides is 1. The third-order valence-electron chi connectivity index (χ3n) is 6.65. The summed E-state index contributed by atoms with van der Waals surface area (Å²) in [6, 6.07) is 14.7. The zero-order chi connectivity index (χ0) is 23.3. The molecule has 1 saturated heterocycles. The zero-order valence-corrected chi connectivity index (χ0v) is 18.3. The van der Waals surface area contributed by atoms with Crippen LogP contribution in [-0.4, -0.2) is 40.1 Å². The van der Waals surface area contributed by atoms with Gasteiger partial charge < -0.3 is 5.32 Å². The van der Waals surface area contributed by atoms with E-state index in [9.17, 15) is 19.7 Å². The fourth-order valence-corrected chi connectivity index (χ4v) is 5.44. The monoisotopic (exact) mass is 462 g/mol. The first kappa shape index (κ1) is 21.2. The highest BCUT2D eigenvalue weighted by Gasteiger charge is 2.64. The van der Waals surface area contributed by atoms with E-state index in [0.29, 0.717) is 33.9 Å². The standard InChI is InChI=1S/C24H19ClN4O4/c1-28-13-18(14-4-2-6-17(10-14)29(32)33)21(22(30)15-5-3-9-26-12-15)24(28)19-11-16(25)7-8-20(19)27-23(24)31/h2-12,18,21H,13H2,1H3,(H,27,31)/t18-,21+,24+/m0/s1. The summed E-state index contributed by atoms with van der Waals surface area (Å²) in [7, 11) is 1.79. The highest BCUT2D eigenvalue weighted by atomic mass is 35.5. The zero-order valence-electron chi connectivity index (χ0n) is 17.6. The van der Waals surface area contributed by atoms with Crippen molar-refractivity contribution in [1.29, 1.82) is 0 Å². The van der Waals surface area contributed by atoms with Gasteiger partial charge in [0.15, 0.2) is 5.78 Å². The number of likely N-dealkylation sites (tertiary alicyclic amines) is 1. The van der Waals surface area contributed by atoms with E-state index in [1.54, 1.807) is 55.7 Å². The van der Waals surface area contributed by atoms with Crippen LogP contribution >= 0.6 is 11.6 Å². The van der Waals surface area contributed by atoms with Crippen LogP contribution in [0.25, 0.3) is 0 Å². The second kappa shape index (κ2) is 7.75. The molecule has 0 bridgehead atoms. The molecule has 1 amide bonds. The highest BCUT2D eigenvalue weighted by Crippen LogP contribution is 2.56. The number of hydrogen-bond donors (Lipinski definition) is 1. The SMILES string of the molecule is CN1C[C@@H](c2cccc([N+](=O)[O-])c2)[C@H](C(=O)c2cccnc2)[C@]12C(=O)Nc1ccc(Cl)cc12. The number of halogens is 1. The van der Waals surface area contributed by atoms with Crippen LogP contribution in [0.1, 0.15) is 27.4 Å². The highest BCUT2D eigenvalue weighted by molar-refractivity contribution is 6.31.